The van der Waals surface area contributed by atoms with Crippen molar-refractivity contribution < 1.29 is 13.9 Å². The van der Waals surface area contributed by atoms with Gasteiger partial charge in [-0.05, 0) is 19.1 Å². The smallest absolute Gasteiger partial charge is 0.231 e. The molecular formula is C20H19N3O3. The standard InChI is InChI=1S/C20H19N3O3/c1-13-3-5-14(6-4-13)19-11-23(20(21)26-19)15-7-8-16(17(9-15)24-2)18-10-22-12-25-18/h3-12,20H,21H2,1-2H3. The molecule has 2 heterocycles. The van der Waals surface area contributed by atoms with Gasteiger partial charge in [0.1, 0.15) is 11.5 Å². The fourth-order valence-corrected chi connectivity index (χ4v) is 2.89. The Kier molecular flexibility index (Phi) is 4.10. The summed E-state index contributed by atoms with van der Waals surface area (Å²) in [6.45, 7) is 2.05. The Bertz CT molecular complexity index is 933. The molecule has 0 spiro atoms. The minimum Gasteiger partial charge on any atom is -0.496 e. The minimum atomic E-state index is -0.605. The first-order valence-corrected chi connectivity index (χ1v) is 8.22. The van der Waals surface area contributed by atoms with Crippen molar-refractivity contribution in [3.05, 3.63) is 72.4 Å². The summed E-state index contributed by atoms with van der Waals surface area (Å²) in [4.78, 5) is 5.82. The Morgan fingerprint density at radius 1 is 1.15 bits per heavy atom. The number of rotatable bonds is 4. The molecule has 26 heavy (non-hydrogen) atoms. The van der Waals surface area contributed by atoms with Crippen LogP contribution in [0.5, 0.6) is 5.75 Å². The van der Waals surface area contributed by atoms with E-state index in [9.17, 15) is 0 Å². The van der Waals surface area contributed by atoms with Crippen LogP contribution in [0.4, 0.5) is 5.69 Å². The first-order valence-electron chi connectivity index (χ1n) is 8.22. The molecule has 0 radical (unpaired) electrons. The lowest BCUT2D eigenvalue weighted by Gasteiger charge is -2.21. The maximum Gasteiger partial charge on any atom is 0.231 e. The van der Waals surface area contributed by atoms with Gasteiger partial charge in [-0.15, -0.1) is 0 Å². The van der Waals surface area contributed by atoms with Crippen molar-refractivity contribution in [1.82, 2.24) is 4.98 Å². The van der Waals surface area contributed by atoms with Crippen LogP contribution in [0.25, 0.3) is 17.1 Å². The molecule has 0 saturated carbocycles. The average molecular weight is 349 g/mol. The van der Waals surface area contributed by atoms with Crippen LogP contribution in [0.2, 0.25) is 0 Å². The van der Waals surface area contributed by atoms with E-state index in [0.717, 1.165) is 22.6 Å². The third-order valence-electron chi connectivity index (χ3n) is 4.30. The number of methoxy groups -OCH3 is 1. The highest BCUT2D eigenvalue weighted by molar-refractivity contribution is 5.73. The zero-order chi connectivity index (χ0) is 18.1. The van der Waals surface area contributed by atoms with Gasteiger partial charge < -0.3 is 13.9 Å². The van der Waals surface area contributed by atoms with Gasteiger partial charge in [-0.1, -0.05) is 29.8 Å². The first-order chi connectivity index (χ1) is 12.7. The van der Waals surface area contributed by atoms with Crippen LogP contribution in [-0.4, -0.2) is 18.4 Å². The van der Waals surface area contributed by atoms with E-state index in [2.05, 4.69) is 4.98 Å². The second-order valence-corrected chi connectivity index (χ2v) is 6.03. The van der Waals surface area contributed by atoms with Gasteiger partial charge in [0, 0.05) is 17.3 Å². The summed E-state index contributed by atoms with van der Waals surface area (Å²) in [5, 5.41) is 0. The number of hydrogen-bond donors (Lipinski definition) is 1. The van der Waals surface area contributed by atoms with Gasteiger partial charge in [0.05, 0.1) is 25.1 Å². The van der Waals surface area contributed by atoms with Gasteiger partial charge in [0.25, 0.3) is 0 Å². The van der Waals surface area contributed by atoms with Gasteiger partial charge in [0.2, 0.25) is 6.35 Å². The Morgan fingerprint density at radius 2 is 1.96 bits per heavy atom. The van der Waals surface area contributed by atoms with Gasteiger partial charge in [-0.3, -0.25) is 10.6 Å². The summed E-state index contributed by atoms with van der Waals surface area (Å²) in [7, 11) is 1.62. The molecule has 132 valence electrons. The molecule has 0 bridgehead atoms. The van der Waals surface area contributed by atoms with Crippen LogP contribution in [0.15, 0.2) is 65.7 Å². The first kappa shape index (κ1) is 16.2. The van der Waals surface area contributed by atoms with Crippen molar-refractivity contribution in [3.63, 3.8) is 0 Å². The number of ether oxygens (including phenoxy) is 2. The lowest BCUT2D eigenvalue weighted by Crippen LogP contribution is -2.36. The van der Waals surface area contributed by atoms with Crippen molar-refractivity contribution >= 4 is 11.4 Å². The molecule has 0 fully saturated rings. The number of nitrogens with zero attached hydrogens (tertiary/aromatic N) is 2. The highest BCUT2D eigenvalue weighted by Crippen LogP contribution is 2.36. The molecule has 0 saturated heterocycles. The van der Waals surface area contributed by atoms with Crippen molar-refractivity contribution in [2.45, 2.75) is 13.3 Å². The van der Waals surface area contributed by atoms with E-state index >= 15 is 0 Å². The molecule has 0 amide bonds. The zero-order valence-electron chi connectivity index (χ0n) is 14.5. The van der Waals surface area contributed by atoms with Crippen molar-refractivity contribution in [1.29, 1.82) is 0 Å². The summed E-state index contributed by atoms with van der Waals surface area (Å²) in [5.74, 6) is 2.05. The number of aromatic nitrogens is 1. The van der Waals surface area contributed by atoms with Crippen molar-refractivity contribution in [3.8, 4) is 17.1 Å². The van der Waals surface area contributed by atoms with E-state index in [1.165, 1.54) is 12.0 Å². The zero-order valence-corrected chi connectivity index (χ0v) is 14.5. The van der Waals surface area contributed by atoms with E-state index in [-0.39, 0.29) is 0 Å². The molecule has 6 nitrogen and oxygen atoms in total. The molecule has 3 aromatic rings. The second-order valence-electron chi connectivity index (χ2n) is 6.03. The minimum absolute atomic E-state index is 0.605. The third-order valence-corrected chi connectivity index (χ3v) is 4.30. The molecule has 2 N–H and O–H groups in total. The highest BCUT2D eigenvalue weighted by Gasteiger charge is 2.25. The van der Waals surface area contributed by atoms with E-state index < -0.39 is 6.35 Å². The SMILES string of the molecule is COc1cc(N2C=C(c3ccc(C)cc3)OC2N)ccc1-c1cnco1. The van der Waals surface area contributed by atoms with Crippen molar-refractivity contribution in [2.24, 2.45) is 5.73 Å². The molecule has 4 rings (SSSR count). The maximum atomic E-state index is 6.18. The largest absolute Gasteiger partial charge is 0.496 e. The Balaban J connectivity index is 1.67. The predicted octanol–water partition coefficient (Wildman–Crippen LogP) is 3.74. The molecule has 2 aromatic carbocycles. The van der Waals surface area contributed by atoms with Crippen LogP contribution in [0.3, 0.4) is 0 Å². The monoisotopic (exact) mass is 349 g/mol. The highest BCUT2D eigenvalue weighted by atomic mass is 16.5. The number of nitrogens with two attached hydrogens (primary N) is 1. The topological polar surface area (TPSA) is 73.8 Å². The van der Waals surface area contributed by atoms with Gasteiger partial charge in [-0.25, -0.2) is 4.98 Å². The Morgan fingerprint density at radius 3 is 2.65 bits per heavy atom. The molecule has 1 aliphatic heterocycles. The summed E-state index contributed by atoms with van der Waals surface area (Å²) >= 11 is 0. The summed E-state index contributed by atoms with van der Waals surface area (Å²) in [5.41, 5.74) is 10.0. The molecule has 1 unspecified atom stereocenters. The van der Waals surface area contributed by atoms with E-state index in [1.807, 2.05) is 60.5 Å². The quantitative estimate of drug-likeness (QED) is 0.773. The lowest BCUT2D eigenvalue weighted by atomic mass is 10.1. The van der Waals surface area contributed by atoms with Crippen LogP contribution >= 0.6 is 0 Å². The van der Waals surface area contributed by atoms with Crippen LogP contribution in [-0.2, 0) is 4.74 Å². The fourth-order valence-electron chi connectivity index (χ4n) is 2.89. The van der Waals surface area contributed by atoms with Crippen molar-refractivity contribution in [2.75, 3.05) is 12.0 Å². The number of aryl methyl sites for hydroxylation is 1. The van der Waals surface area contributed by atoms with Crippen LogP contribution in [0, 0.1) is 6.92 Å². The molecule has 1 aliphatic rings. The predicted molar refractivity (Wildman–Crippen MR) is 99.2 cm³/mol. The van der Waals surface area contributed by atoms with E-state index in [1.54, 1.807) is 13.3 Å². The maximum absolute atomic E-state index is 6.18. The number of anilines is 1. The molecule has 1 atom stereocenters. The summed E-state index contributed by atoms with van der Waals surface area (Å²) < 4.78 is 16.7. The summed E-state index contributed by atoms with van der Waals surface area (Å²) in [6, 6.07) is 13.9. The van der Waals surface area contributed by atoms with Gasteiger partial charge in [0.15, 0.2) is 12.2 Å². The van der Waals surface area contributed by atoms with Crippen LogP contribution < -0.4 is 15.4 Å². The van der Waals surface area contributed by atoms with Gasteiger partial charge in [-0.2, -0.15) is 0 Å². The molecular weight excluding hydrogens is 330 g/mol. The molecule has 0 aliphatic carbocycles. The van der Waals surface area contributed by atoms with E-state index in [0.29, 0.717) is 11.5 Å². The number of benzene rings is 2. The molecule has 1 aromatic heterocycles. The normalized spacial score (nSPS) is 16.3. The second kappa shape index (κ2) is 6.57. The third kappa shape index (κ3) is 2.91. The van der Waals surface area contributed by atoms with Crippen LogP contribution in [0.1, 0.15) is 11.1 Å². The Hall–Kier alpha value is -3.25. The summed E-state index contributed by atoms with van der Waals surface area (Å²) in [6.07, 6.45) is 4.34. The Labute approximate surface area is 151 Å². The van der Waals surface area contributed by atoms with Gasteiger partial charge >= 0.3 is 0 Å². The average Bonchev–Trinajstić information content (AvgIpc) is 3.32. The number of oxazole rings is 1. The fraction of sp³-hybridized carbons (Fsp3) is 0.150. The molecule has 6 heteroatoms. The number of hydrogen-bond acceptors (Lipinski definition) is 6. The lowest BCUT2D eigenvalue weighted by molar-refractivity contribution is 0.199. The van der Waals surface area contributed by atoms with E-state index in [4.69, 9.17) is 19.6 Å².